The minimum absolute atomic E-state index is 0.167. The Balaban J connectivity index is 1.99. The normalized spacial score (nSPS) is 27.7. The van der Waals surface area contributed by atoms with Crippen LogP contribution in [0.2, 0.25) is 0 Å². The average Bonchev–Trinajstić information content (AvgIpc) is 3.08. The summed E-state index contributed by atoms with van der Waals surface area (Å²) in [5.74, 6) is 0.439. The number of anilines is 2. The SMILES string of the molecule is NCCNc1nc(N)c2ncn([C@@H]3O[C@H](CO)C(O)C3O)c2n1. The summed E-state index contributed by atoms with van der Waals surface area (Å²) in [6.45, 7) is 0.449. The lowest BCUT2D eigenvalue weighted by molar-refractivity contribution is -0.0511. The van der Waals surface area contributed by atoms with Gasteiger partial charge in [0.15, 0.2) is 17.7 Å². The second-order valence-corrected chi connectivity index (χ2v) is 5.20. The van der Waals surface area contributed by atoms with E-state index in [1.165, 1.54) is 10.9 Å². The van der Waals surface area contributed by atoms with Gasteiger partial charge < -0.3 is 36.8 Å². The first-order valence-corrected chi connectivity index (χ1v) is 7.13. The van der Waals surface area contributed by atoms with Crippen LogP contribution in [0.25, 0.3) is 11.2 Å². The fraction of sp³-hybridized carbons (Fsp3) is 0.583. The smallest absolute Gasteiger partial charge is 0.226 e. The number of aromatic nitrogens is 4. The quantitative estimate of drug-likeness (QED) is 0.341. The van der Waals surface area contributed by atoms with Gasteiger partial charge in [-0.2, -0.15) is 9.97 Å². The van der Waals surface area contributed by atoms with Gasteiger partial charge in [-0.15, -0.1) is 0 Å². The zero-order chi connectivity index (χ0) is 16.6. The molecule has 8 N–H and O–H groups in total. The first-order chi connectivity index (χ1) is 11.1. The molecule has 0 amide bonds. The number of imidazole rings is 1. The van der Waals surface area contributed by atoms with Gasteiger partial charge in [0.25, 0.3) is 0 Å². The van der Waals surface area contributed by atoms with Gasteiger partial charge in [-0.05, 0) is 0 Å². The van der Waals surface area contributed by atoms with Gasteiger partial charge in [0, 0.05) is 13.1 Å². The number of rotatable bonds is 5. The summed E-state index contributed by atoms with van der Waals surface area (Å²) in [6.07, 6.45) is -2.88. The van der Waals surface area contributed by atoms with E-state index < -0.39 is 31.1 Å². The molecule has 1 aliphatic rings. The van der Waals surface area contributed by atoms with Crippen molar-refractivity contribution in [2.45, 2.75) is 24.5 Å². The van der Waals surface area contributed by atoms with E-state index in [1.807, 2.05) is 0 Å². The topological polar surface area (TPSA) is 178 Å². The highest BCUT2D eigenvalue weighted by Crippen LogP contribution is 2.32. The molecule has 0 bridgehead atoms. The molecule has 3 heterocycles. The Labute approximate surface area is 130 Å². The highest BCUT2D eigenvalue weighted by molar-refractivity contribution is 5.82. The third-order valence-electron chi connectivity index (χ3n) is 3.67. The average molecular weight is 325 g/mol. The highest BCUT2D eigenvalue weighted by Gasteiger charge is 2.44. The zero-order valence-electron chi connectivity index (χ0n) is 12.2. The first kappa shape index (κ1) is 15.8. The molecule has 0 aliphatic carbocycles. The number of nitrogens with two attached hydrogens (primary N) is 2. The van der Waals surface area contributed by atoms with E-state index in [1.54, 1.807) is 0 Å². The van der Waals surface area contributed by atoms with Crippen molar-refractivity contribution in [2.75, 3.05) is 30.7 Å². The van der Waals surface area contributed by atoms with Crippen LogP contribution in [0.5, 0.6) is 0 Å². The van der Waals surface area contributed by atoms with Crippen LogP contribution in [-0.2, 0) is 4.74 Å². The number of hydrogen-bond acceptors (Lipinski definition) is 10. The summed E-state index contributed by atoms with van der Waals surface area (Å²) in [7, 11) is 0. The second kappa shape index (κ2) is 6.22. The van der Waals surface area contributed by atoms with Crippen LogP contribution in [-0.4, -0.2) is 72.8 Å². The Kier molecular flexibility index (Phi) is 4.28. The maximum Gasteiger partial charge on any atom is 0.226 e. The van der Waals surface area contributed by atoms with Crippen LogP contribution in [0.4, 0.5) is 11.8 Å². The molecule has 4 atom stereocenters. The fourth-order valence-corrected chi connectivity index (χ4v) is 2.50. The van der Waals surface area contributed by atoms with Crippen LogP contribution in [0.15, 0.2) is 6.33 Å². The number of nitrogens with zero attached hydrogens (tertiary/aromatic N) is 4. The summed E-state index contributed by atoms with van der Waals surface area (Å²) < 4.78 is 6.93. The number of aliphatic hydroxyl groups is 3. The lowest BCUT2D eigenvalue weighted by Gasteiger charge is -2.16. The van der Waals surface area contributed by atoms with Gasteiger partial charge in [-0.1, -0.05) is 0 Å². The van der Waals surface area contributed by atoms with Crippen molar-refractivity contribution < 1.29 is 20.1 Å². The third-order valence-corrected chi connectivity index (χ3v) is 3.67. The number of hydrogen-bond donors (Lipinski definition) is 6. The monoisotopic (exact) mass is 325 g/mol. The summed E-state index contributed by atoms with van der Waals surface area (Å²) in [4.78, 5) is 12.5. The maximum atomic E-state index is 10.1. The first-order valence-electron chi connectivity index (χ1n) is 7.13. The fourth-order valence-electron chi connectivity index (χ4n) is 2.50. The highest BCUT2D eigenvalue weighted by atomic mass is 16.6. The summed E-state index contributed by atoms with van der Waals surface area (Å²) >= 11 is 0. The molecule has 3 rings (SSSR count). The number of nitrogens with one attached hydrogen (secondary N) is 1. The van der Waals surface area contributed by atoms with E-state index in [0.29, 0.717) is 24.3 Å². The maximum absolute atomic E-state index is 10.1. The van der Waals surface area contributed by atoms with Gasteiger partial charge in [-0.3, -0.25) is 4.57 Å². The summed E-state index contributed by atoms with van der Waals surface area (Å²) in [5, 5.41) is 32.1. The molecular weight excluding hydrogens is 306 g/mol. The largest absolute Gasteiger partial charge is 0.394 e. The lowest BCUT2D eigenvalue weighted by atomic mass is 10.1. The van der Waals surface area contributed by atoms with Gasteiger partial charge in [-0.25, -0.2) is 4.98 Å². The van der Waals surface area contributed by atoms with Crippen LogP contribution >= 0.6 is 0 Å². The van der Waals surface area contributed by atoms with Gasteiger partial charge >= 0.3 is 0 Å². The Hall–Kier alpha value is -2.05. The van der Waals surface area contributed by atoms with Crippen molar-refractivity contribution in [2.24, 2.45) is 5.73 Å². The molecule has 11 heteroatoms. The van der Waals surface area contributed by atoms with E-state index in [0.717, 1.165) is 0 Å². The van der Waals surface area contributed by atoms with Crippen LogP contribution < -0.4 is 16.8 Å². The number of nitrogen functional groups attached to an aromatic ring is 1. The third kappa shape index (κ3) is 2.68. The molecule has 23 heavy (non-hydrogen) atoms. The molecule has 0 spiro atoms. The van der Waals surface area contributed by atoms with Crippen molar-refractivity contribution in [3.63, 3.8) is 0 Å². The van der Waals surface area contributed by atoms with E-state index >= 15 is 0 Å². The molecule has 0 saturated carbocycles. The van der Waals surface area contributed by atoms with Crippen molar-refractivity contribution in [1.29, 1.82) is 0 Å². The van der Waals surface area contributed by atoms with Crippen molar-refractivity contribution in [3.8, 4) is 0 Å². The molecular formula is C12H19N7O4. The molecule has 2 unspecified atom stereocenters. The molecule has 0 radical (unpaired) electrons. The molecule has 126 valence electrons. The van der Waals surface area contributed by atoms with Crippen LogP contribution in [0, 0.1) is 0 Å². The molecule has 1 fully saturated rings. The molecule has 1 saturated heterocycles. The van der Waals surface area contributed by atoms with Crippen molar-refractivity contribution >= 4 is 22.9 Å². The second-order valence-electron chi connectivity index (χ2n) is 5.20. The van der Waals surface area contributed by atoms with Gasteiger partial charge in [0.2, 0.25) is 5.95 Å². The minimum Gasteiger partial charge on any atom is -0.394 e. The zero-order valence-corrected chi connectivity index (χ0v) is 12.2. The van der Waals surface area contributed by atoms with Crippen LogP contribution in [0.3, 0.4) is 0 Å². The number of fused-ring (bicyclic) bond motifs is 1. The predicted molar refractivity (Wildman–Crippen MR) is 80.3 cm³/mol. The van der Waals surface area contributed by atoms with E-state index in [9.17, 15) is 15.3 Å². The van der Waals surface area contributed by atoms with E-state index in [2.05, 4.69) is 20.3 Å². The Morgan fingerprint density at radius 2 is 2.09 bits per heavy atom. The molecule has 0 aromatic carbocycles. The van der Waals surface area contributed by atoms with Crippen molar-refractivity contribution in [1.82, 2.24) is 19.5 Å². The molecule has 11 nitrogen and oxygen atoms in total. The summed E-state index contributed by atoms with van der Waals surface area (Å²) in [6, 6.07) is 0. The van der Waals surface area contributed by atoms with E-state index in [4.69, 9.17) is 16.2 Å². The Morgan fingerprint density at radius 3 is 2.74 bits per heavy atom. The number of ether oxygens (including phenoxy) is 1. The Bertz CT molecular complexity index is 693. The number of aliphatic hydroxyl groups excluding tert-OH is 3. The predicted octanol–water partition coefficient (Wildman–Crippen LogP) is -2.61. The van der Waals surface area contributed by atoms with Crippen LogP contribution in [0.1, 0.15) is 6.23 Å². The standard InChI is InChI=1S/C12H19N7O4/c13-1-2-15-12-17-9(14)6-10(18-12)19(4-16-6)11-8(22)7(21)5(3-20)23-11/h4-5,7-8,11,20-22H,1-3,13H2,(H3,14,15,17,18)/t5-,7?,8?,11-/m1/s1. The Morgan fingerprint density at radius 1 is 1.30 bits per heavy atom. The molecule has 2 aromatic heterocycles. The lowest BCUT2D eigenvalue weighted by Crippen LogP contribution is -2.33. The molecule has 1 aliphatic heterocycles. The summed E-state index contributed by atoms with van der Waals surface area (Å²) in [5.41, 5.74) is 12.0. The van der Waals surface area contributed by atoms with Gasteiger partial charge in [0.05, 0.1) is 12.9 Å². The molecule has 2 aromatic rings. The van der Waals surface area contributed by atoms with Gasteiger partial charge in [0.1, 0.15) is 23.8 Å². The van der Waals surface area contributed by atoms with E-state index in [-0.39, 0.29) is 11.8 Å². The minimum atomic E-state index is -1.24. The van der Waals surface area contributed by atoms with Crippen molar-refractivity contribution in [3.05, 3.63) is 6.33 Å².